The van der Waals surface area contributed by atoms with Gasteiger partial charge in [0.05, 0.1) is 18.8 Å². The van der Waals surface area contributed by atoms with Gasteiger partial charge in [-0.05, 0) is 38.5 Å². The van der Waals surface area contributed by atoms with Crippen LogP contribution in [0.4, 0.5) is 0 Å². The summed E-state index contributed by atoms with van der Waals surface area (Å²) in [5, 5.41) is 17.8. The molecule has 4 nitrogen and oxygen atoms in total. The number of aryl methyl sites for hydroxylation is 1. The number of hydrogen-bond acceptors (Lipinski definition) is 3. The summed E-state index contributed by atoms with van der Waals surface area (Å²) in [6, 6.07) is 8.10. The predicted octanol–water partition coefficient (Wildman–Crippen LogP) is 3.00. The number of rotatable bonds is 6. The van der Waals surface area contributed by atoms with Crippen LogP contribution in [-0.2, 0) is 13.1 Å². The first-order chi connectivity index (χ1) is 10.0. The van der Waals surface area contributed by atoms with Gasteiger partial charge in [-0.3, -0.25) is 4.68 Å². The molecule has 2 rings (SSSR count). The van der Waals surface area contributed by atoms with E-state index in [0.29, 0.717) is 6.54 Å². The van der Waals surface area contributed by atoms with Crippen LogP contribution in [0.5, 0.6) is 0 Å². The van der Waals surface area contributed by atoms with E-state index in [4.69, 9.17) is 16.7 Å². The van der Waals surface area contributed by atoms with E-state index in [9.17, 15) is 0 Å². The normalized spacial score (nSPS) is 12.6. The zero-order chi connectivity index (χ0) is 15.4. The number of nitrogens with one attached hydrogen (secondary N) is 1. The van der Waals surface area contributed by atoms with Crippen molar-refractivity contribution >= 4 is 11.6 Å². The van der Waals surface area contributed by atoms with Crippen molar-refractivity contribution < 1.29 is 5.11 Å². The Kier molecular flexibility index (Phi) is 5.39. The van der Waals surface area contributed by atoms with Gasteiger partial charge in [-0.1, -0.05) is 23.7 Å². The minimum absolute atomic E-state index is 0.105. The van der Waals surface area contributed by atoms with Gasteiger partial charge in [0.25, 0.3) is 0 Å². The van der Waals surface area contributed by atoms with Crippen LogP contribution in [-0.4, -0.2) is 21.5 Å². The van der Waals surface area contributed by atoms with E-state index in [1.807, 2.05) is 36.7 Å². The lowest BCUT2D eigenvalue weighted by molar-refractivity contribution is 0.267. The van der Waals surface area contributed by atoms with Gasteiger partial charge < -0.3 is 10.4 Å². The molecule has 0 bridgehead atoms. The first kappa shape index (κ1) is 16.0. The standard InChI is InChI=1S/C16H22ClN3O/c1-11(14-5-4-6-15(17)9-14)18-10-16-12(2)19-20(7-8-21)13(16)3/h4-6,9,11,18,21H,7-8,10H2,1-3H3. The minimum atomic E-state index is 0.105. The summed E-state index contributed by atoms with van der Waals surface area (Å²) in [7, 11) is 0. The monoisotopic (exact) mass is 307 g/mol. The van der Waals surface area contributed by atoms with Crippen molar-refractivity contribution in [1.29, 1.82) is 0 Å². The summed E-state index contributed by atoms with van der Waals surface area (Å²) in [5.41, 5.74) is 4.47. The summed E-state index contributed by atoms with van der Waals surface area (Å²) in [6.45, 7) is 7.55. The second-order valence-electron chi connectivity index (χ2n) is 5.25. The van der Waals surface area contributed by atoms with E-state index in [0.717, 1.165) is 23.0 Å². The lowest BCUT2D eigenvalue weighted by atomic mass is 10.1. The molecule has 1 aromatic heterocycles. The maximum absolute atomic E-state index is 9.05. The van der Waals surface area contributed by atoms with Crippen LogP contribution in [0, 0.1) is 13.8 Å². The fourth-order valence-corrected chi connectivity index (χ4v) is 2.65. The summed E-state index contributed by atoms with van der Waals surface area (Å²) >= 11 is 6.03. The average Bonchev–Trinajstić information content (AvgIpc) is 2.71. The van der Waals surface area contributed by atoms with Gasteiger partial charge >= 0.3 is 0 Å². The van der Waals surface area contributed by atoms with Gasteiger partial charge in [-0.2, -0.15) is 5.10 Å². The van der Waals surface area contributed by atoms with E-state index >= 15 is 0 Å². The van der Waals surface area contributed by atoms with Crippen molar-refractivity contribution in [3.05, 3.63) is 51.8 Å². The Morgan fingerprint density at radius 1 is 1.38 bits per heavy atom. The highest BCUT2D eigenvalue weighted by Crippen LogP contribution is 2.19. The minimum Gasteiger partial charge on any atom is -0.394 e. The molecule has 0 spiro atoms. The number of benzene rings is 1. The third kappa shape index (κ3) is 3.84. The Hall–Kier alpha value is -1.36. The van der Waals surface area contributed by atoms with Crippen LogP contribution >= 0.6 is 11.6 Å². The molecular weight excluding hydrogens is 286 g/mol. The van der Waals surface area contributed by atoms with E-state index in [-0.39, 0.29) is 12.6 Å². The zero-order valence-corrected chi connectivity index (χ0v) is 13.5. The molecule has 0 aliphatic heterocycles. The summed E-state index contributed by atoms with van der Waals surface area (Å²) in [5.74, 6) is 0. The Balaban J connectivity index is 2.06. The van der Waals surface area contributed by atoms with E-state index < -0.39 is 0 Å². The molecular formula is C16H22ClN3O. The molecule has 0 saturated heterocycles. The fraction of sp³-hybridized carbons (Fsp3) is 0.438. The molecule has 2 aromatic rings. The highest BCUT2D eigenvalue weighted by Gasteiger charge is 2.12. The first-order valence-corrected chi connectivity index (χ1v) is 7.53. The number of hydrogen-bond donors (Lipinski definition) is 2. The van der Waals surface area contributed by atoms with E-state index in [2.05, 4.69) is 23.4 Å². The van der Waals surface area contributed by atoms with Crippen LogP contribution < -0.4 is 5.32 Å². The third-order valence-electron chi connectivity index (χ3n) is 3.78. The van der Waals surface area contributed by atoms with Crippen molar-refractivity contribution in [2.45, 2.75) is 39.9 Å². The molecule has 114 valence electrons. The van der Waals surface area contributed by atoms with Crippen molar-refractivity contribution in [1.82, 2.24) is 15.1 Å². The lowest BCUT2D eigenvalue weighted by Gasteiger charge is -2.15. The number of aromatic nitrogens is 2. The first-order valence-electron chi connectivity index (χ1n) is 7.15. The second-order valence-corrected chi connectivity index (χ2v) is 5.69. The molecule has 2 N–H and O–H groups in total. The third-order valence-corrected chi connectivity index (χ3v) is 4.01. The molecule has 0 saturated carbocycles. The van der Waals surface area contributed by atoms with Crippen LogP contribution in [0.3, 0.4) is 0 Å². The van der Waals surface area contributed by atoms with E-state index in [1.165, 1.54) is 11.1 Å². The van der Waals surface area contributed by atoms with E-state index in [1.54, 1.807) is 0 Å². The van der Waals surface area contributed by atoms with Crippen LogP contribution in [0.15, 0.2) is 24.3 Å². The average molecular weight is 308 g/mol. The second kappa shape index (κ2) is 7.07. The maximum Gasteiger partial charge on any atom is 0.0644 e. The SMILES string of the molecule is Cc1nn(CCO)c(C)c1CNC(C)c1cccc(Cl)c1. The molecule has 1 atom stereocenters. The van der Waals surface area contributed by atoms with Gasteiger partial charge in [-0.15, -0.1) is 0 Å². The van der Waals surface area contributed by atoms with Crippen molar-refractivity contribution in [2.24, 2.45) is 0 Å². The molecule has 1 unspecified atom stereocenters. The van der Waals surface area contributed by atoms with Gasteiger partial charge in [0.15, 0.2) is 0 Å². The van der Waals surface area contributed by atoms with Crippen molar-refractivity contribution in [2.75, 3.05) is 6.61 Å². The van der Waals surface area contributed by atoms with Crippen LogP contribution in [0.2, 0.25) is 5.02 Å². The quantitative estimate of drug-likeness (QED) is 0.862. The summed E-state index contributed by atoms with van der Waals surface area (Å²) < 4.78 is 1.86. The summed E-state index contributed by atoms with van der Waals surface area (Å²) in [4.78, 5) is 0. The smallest absolute Gasteiger partial charge is 0.0644 e. The predicted molar refractivity (Wildman–Crippen MR) is 85.5 cm³/mol. The largest absolute Gasteiger partial charge is 0.394 e. The number of halogens is 1. The summed E-state index contributed by atoms with van der Waals surface area (Å²) in [6.07, 6.45) is 0. The molecule has 0 aliphatic rings. The zero-order valence-electron chi connectivity index (χ0n) is 12.7. The molecule has 0 fully saturated rings. The maximum atomic E-state index is 9.05. The Bertz CT molecular complexity index is 610. The lowest BCUT2D eigenvalue weighted by Crippen LogP contribution is -2.19. The van der Waals surface area contributed by atoms with Gasteiger partial charge in [-0.25, -0.2) is 0 Å². The van der Waals surface area contributed by atoms with Crippen LogP contribution in [0.25, 0.3) is 0 Å². The topological polar surface area (TPSA) is 50.1 Å². The number of nitrogens with zero attached hydrogens (tertiary/aromatic N) is 2. The van der Waals surface area contributed by atoms with Crippen molar-refractivity contribution in [3.8, 4) is 0 Å². The van der Waals surface area contributed by atoms with Gasteiger partial charge in [0.1, 0.15) is 0 Å². The molecule has 0 radical (unpaired) electrons. The molecule has 21 heavy (non-hydrogen) atoms. The van der Waals surface area contributed by atoms with Crippen LogP contribution in [0.1, 0.15) is 35.5 Å². The Morgan fingerprint density at radius 3 is 2.81 bits per heavy atom. The molecule has 5 heteroatoms. The highest BCUT2D eigenvalue weighted by molar-refractivity contribution is 6.30. The fourth-order valence-electron chi connectivity index (χ4n) is 2.45. The highest BCUT2D eigenvalue weighted by atomic mass is 35.5. The van der Waals surface area contributed by atoms with Crippen molar-refractivity contribution in [3.63, 3.8) is 0 Å². The molecule has 1 aromatic carbocycles. The number of aliphatic hydroxyl groups excluding tert-OH is 1. The molecule has 0 amide bonds. The Labute approximate surface area is 130 Å². The van der Waals surface area contributed by atoms with Gasteiger partial charge in [0.2, 0.25) is 0 Å². The molecule has 1 heterocycles. The van der Waals surface area contributed by atoms with Gasteiger partial charge in [0, 0.05) is 28.9 Å². The number of aliphatic hydroxyl groups is 1. The Morgan fingerprint density at radius 2 is 2.14 bits per heavy atom. The molecule has 0 aliphatic carbocycles.